The SMILES string of the molecule is CC1CC(C(=O)NCc2ccc(/C(N)=N/O)cc2)CO1. The van der Waals surface area contributed by atoms with Crippen LogP contribution in [0.1, 0.15) is 24.5 Å². The first-order valence-electron chi connectivity index (χ1n) is 6.56. The normalized spacial score (nSPS) is 22.8. The highest BCUT2D eigenvalue weighted by Gasteiger charge is 2.27. The molecule has 0 bridgehead atoms. The van der Waals surface area contributed by atoms with Gasteiger partial charge in [-0.25, -0.2) is 0 Å². The van der Waals surface area contributed by atoms with Gasteiger partial charge in [-0.2, -0.15) is 0 Å². The second kappa shape index (κ2) is 6.38. The van der Waals surface area contributed by atoms with Crippen LogP contribution in [0.15, 0.2) is 29.4 Å². The van der Waals surface area contributed by atoms with E-state index < -0.39 is 0 Å². The van der Waals surface area contributed by atoms with Gasteiger partial charge in [0.25, 0.3) is 0 Å². The highest BCUT2D eigenvalue weighted by molar-refractivity contribution is 5.96. The van der Waals surface area contributed by atoms with Gasteiger partial charge in [0.2, 0.25) is 5.91 Å². The molecule has 2 atom stereocenters. The smallest absolute Gasteiger partial charge is 0.225 e. The van der Waals surface area contributed by atoms with Crippen LogP contribution >= 0.6 is 0 Å². The first kappa shape index (κ1) is 14.3. The molecule has 1 heterocycles. The second-order valence-corrected chi connectivity index (χ2v) is 4.98. The van der Waals surface area contributed by atoms with E-state index in [9.17, 15) is 4.79 Å². The van der Waals surface area contributed by atoms with Crippen LogP contribution in [-0.4, -0.2) is 29.7 Å². The van der Waals surface area contributed by atoms with Gasteiger partial charge in [-0.05, 0) is 18.9 Å². The van der Waals surface area contributed by atoms with E-state index in [1.807, 2.05) is 19.1 Å². The van der Waals surface area contributed by atoms with E-state index in [2.05, 4.69) is 10.5 Å². The third-order valence-corrected chi connectivity index (χ3v) is 3.39. The van der Waals surface area contributed by atoms with Gasteiger partial charge < -0.3 is 21.0 Å². The molecular formula is C14H19N3O3. The molecule has 0 aliphatic carbocycles. The number of benzene rings is 1. The zero-order chi connectivity index (χ0) is 14.5. The average Bonchev–Trinajstić information content (AvgIpc) is 2.91. The van der Waals surface area contributed by atoms with Crippen LogP contribution in [0.25, 0.3) is 0 Å². The molecule has 20 heavy (non-hydrogen) atoms. The molecule has 0 saturated carbocycles. The van der Waals surface area contributed by atoms with E-state index in [1.54, 1.807) is 12.1 Å². The van der Waals surface area contributed by atoms with Crippen LogP contribution < -0.4 is 11.1 Å². The van der Waals surface area contributed by atoms with E-state index in [1.165, 1.54) is 0 Å². The van der Waals surface area contributed by atoms with Crippen LogP contribution in [-0.2, 0) is 16.1 Å². The Labute approximate surface area is 117 Å². The van der Waals surface area contributed by atoms with Gasteiger partial charge in [-0.3, -0.25) is 4.79 Å². The Morgan fingerprint density at radius 3 is 2.75 bits per heavy atom. The lowest BCUT2D eigenvalue weighted by Gasteiger charge is -2.09. The molecule has 0 spiro atoms. The molecule has 1 aliphatic rings. The van der Waals surface area contributed by atoms with Crippen molar-refractivity contribution in [3.8, 4) is 0 Å². The van der Waals surface area contributed by atoms with Crippen molar-refractivity contribution in [3.05, 3.63) is 35.4 Å². The quantitative estimate of drug-likeness (QED) is 0.328. The summed E-state index contributed by atoms with van der Waals surface area (Å²) in [7, 11) is 0. The second-order valence-electron chi connectivity index (χ2n) is 4.98. The van der Waals surface area contributed by atoms with Crippen molar-refractivity contribution >= 4 is 11.7 Å². The van der Waals surface area contributed by atoms with E-state index in [-0.39, 0.29) is 23.8 Å². The van der Waals surface area contributed by atoms with Crippen LogP contribution in [0.2, 0.25) is 0 Å². The van der Waals surface area contributed by atoms with Crippen molar-refractivity contribution < 1.29 is 14.7 Å². The minimum atomic E-state index is -0.0542. The predicted octanol–water partition coefficient (Wildman–Crippen LogP) is 0.822. The lowest BCUT2D eigenvalue weighted by Crippen LogP contribution is -2.30. The minimum absolute atomic E-state index is 0.0230. The number of carbonyl (C=O) groups is 1. The maximum atomic E-state index is 11.9. The van der Waals surface area contributed by atoms with Gasteiger partial charge in [0.1, 0.15) is 0 Å². The molecule has 2 unspecified atom stereocenters. The topological polar surface area (TPSA) is 96.9 Å². The number of hydrogen-bond donors (Lipinski definition) is 3. The van der Waals surface area contributed by atoms with E-state index in [0.717, 1.165) is 12.0 Å². The summed E-state index contributed by atoms with van der Waals surface area (Å²) in [6, 6.07) is 7.16. The maximum absolute atomic E-state index is 11.9. The molecule has 6 heteroatoms. The molecule has 6 nitrogen and oxygen atoms in total. The Bertz CT molecular complexity index is 499. The summed E-state index contributed by atoms with van der Waals surface area (Å²) in [4.78, 5) is 11.9. The number of nitrogens with two attached hydrogens (primary N) is 1. The summed E-state index contributed by atoms with van der Waals surface area (Å²) >= 11 is 0. The van der Waals surface area contributed by atoms with Crippen LogP contribution in [0.4, 0.5) is 0 Å². The third kappa shape index (κ3) is 3.48. The molecule has 1 aromatic rings. The molecule has 1 saturated heterocycles. The van der Waals surface area contributed by atoms with Gasteiger partial charge in [0, 0.05) is 12.1 Å². The third-order valence-electron chi connectivity index (χ3n) is 3.39. The summed E-state index contributed by atoms with van der Waals surface area (Å²) in [5.41, 5.74) is 7.08. The van der Waals surface area contributed by atoms with E-state index in [4.69, 9.17) is 15.7 Å². The van der Waals surface area contributed by atoms with Crippen molar-refractivity contribution in [2.75, 3.05) is 6.61 Å². The minimum Gasteiger partial charge on any atom is -0.409 e. The highest BCUT2D eigenvalue weighted by Crippen LogP contribution is 2.19. The number of hydrogen-bond acceptors (Lipinski definition) is 4. The van der Waals surface area contributed by atoms with E-state index >= 15 is 0 Å². The molecule has 1 fully saturated rings. The lowest BCUT2D eigenvalue weighted by molar-refractivity contribution is -0.125. The number of carbonyl (C=O) groups excluding carboxylic acids is 1. The van der Waals surface area contributed by atoms with Crippen LogP contribution in [0.5, 0.6) is 0 Å². The van der Waals surface area contributed by atoms with Gasteiger partial charge >= 0.3 is 0 Å². The summed E-state index contributed by atoms with van der Waals surface area (Å²) in [6.45, 7) is 2.93. The molecule has 0 aromatic heterocycles. The fourth-order valence-corrected chi connectivity index (χ4v) is 2.18. The molecule has 108 valence electrons. The number of ether oxygens (including phenoxy) is 1. The van der Waals surface area contributed by atoms with Crippen LogP contribution in [0.3, 0.4) is 0 Å². The zero-order valence-electron chi connectivity index (χ0n) is 11.4. The van der Waals surface area contributed by atoms with Crippen molar-refractivity contribution in [1.29, 1.82) is 0 Å². The average molecular weight is 277 g/mol. The summed E-state index contributed by atoms with van der Waals surface area (Å²) in [5.74, 6) is 0.0361. The molecule has 2 rings (SSSR count). The van der Waals surface area contributed by atoms with Crippen molar-refractivity contribution in [1.82, 2.24) is 5.32 Å². The van der Waals surface area contributed by atoms with E-state index in [0.29, 0.717) is 18.7 Å². The molecule has 1 aliphatic heterocycles. The first-order valence-corrected chi connectivity index (χ1v) is 6.56. The molecule has 4 N–H and O–H groups in total. The van der Waals surface area contributed by atoms with Gasteiger partial charge in [0.05, 0.1) is 18.6 Å². The van der Waals surface area contributed by atoms with Crippen molar-refractivity contribution in [3.63, 3.8) is 0 Å². The molecule has 1 amide bonds. The maximum Gasteiger partial charge on any atom is 0.225 e. The number of nitrogens with one attached hydrogen (secondary N) is 1. The fraction of sp³-hybridized carbons (Fsp3) is 0.429. The van der Waals surface area contributed by atoms with Crippen LogP contribution in [0, 0.1) is 5.92 Å². The largest absolute Gasteiger partial charge is 0.409 e. The summed E-state index contributed by atoms with van der Waals surface area (Å²) in [6.07, 6.45) is 0.930. The van der Waals surface area contributed by atoms with Gasteiger partial charge in [-0.15, -0.1) is 0 Å². The zero-order valence-corrected chi connectivity index (χ0v) is 11.4. The number of amides is 1. The Morgan fingerprint density at radius 2 is 2.20 bits per heavy atom. The number of oxime groups is 1. The molecule has 1 aromatic carbocycles. The Balaban J connectivity index is 1.86. The molecule has 0 radical (unpaired) electrons. The Morgan fingerprint density at radius 1 is 1.50 bits per heavy atom. The van der Waals surface area contributed by atoms with Crippen molar-refractivity contribution in [2.45, 2.75) is 26.0 Å². The predicted molar refractivity (Wildman–Crippen MR) is 74.3 cm³/mol. The summed E-state index contributed by atoms with van der Waals surface area (Å²) in [5, 5.41) is 14.4. The number of nitrogens with zero attached hydrogens (tertiary/aromatic N) is 1. The monoisotopic (exact) mass is 277 g/mol. The first-order chi connectivity index (χ1) is 9.60. The van der Waals surface area contributed by atoms with Crippen molar-refractivity contribution in [2.24, 2.45) is 16.8 Å². The Hall–Kier alpha value is -2.08. The number of rotatable bonds is 4. The van der Waals surface area contributed by atoms with Gasteiger partial charge in [-0.1, -0.05) is 29.4 Å². The summed E-state index contributed by atoms with van der Waals surface area (Å²) < 4.78 is 5.38. The highest BCUT2D eigenvalue weighted by atomic mass is 16.5. The Kier molecular flexibility index (Phi) is 4.57. The fourth-order valence-electron chi connectivity index (χ4n) is 2.18. The molecular weight excluding hydrogens is 258 g/mol. The number of amidine groups is 1. The standard InChI is InChI=1S/C14H19N3O3/c1-9-6-12(8-20-9)14(18)16-7-10-2-4-11(5-3-10)13(15)17-19/h2-5,9,12,19H,6-8H2,1H3,(H2,15,17)(H,16,18). The van der Waals surface area contributed by atoms with Gasteiger partial charge in [0.15, 0.2) is 5.84 Å². The lowest BCUT2D eigenvalue weighted by atomic mass is 10.1.